The van der Waals surface area contributed by atoms with Crippen molar-refractivity contribution in [3.8, 4) is 0 Å². The molecule has 0 bridgehead atoms. The molecule has 3 rings (SSSR count). The summed E-state index contributed by atoms with van der Waals surface area (Å²) in [7, 11) is -4.00. The molecule has 1 unspecified atom stereocenters. The van der Waals surface area contributed by atoms with Crippen LogP contribution < -0.4 is 15.8 Å². The Kier molecular flexibility index (Phi) is 5.78. The topological polar surface area (TPSA) is 124 Å². The number of aryl methyl sites for hydroxylation is 1. The molecule has 0 amide bonds. The van der Waals surface area contributed by atoms with Gasteiger partial charge in [0.1, 0.15) is 10.7 Å². The zero-order valence-corrected chi connectivity index (χ0v) is 16.9. The van der Waals surface area contributed by atoms with Crippen molar-refractivity contribution in [1.82, 2.24) is 9.97 Å². The first-order valence-corrected chi connectivity index (χ1v) is 10.4. The van der Waals surface area contributed by atoms with Crippen LogP contribution in [0.5, 0.6) is 0 Å². The van der Waals surface area contributed by atoms with E-state index < -0.39 is 10.0 Å². The third kappa shape index (κ3) is 4.44. The fourth-order valence-corrected chi connectivity index (χ4v) is 4.56. The van der Waals surface area contributed by atoms with E-state index in [-0.39, 0.29) is 21.9 Å². The highest BCUT2D eigenvalue weighted by atomic mass is 35.5. The van der Waals surface area contributed by atoms with Crippen molar-refractivity contribution < 1.29 is 13.2 Å². The molecular weight excluding hydrogens is 413 g/mol. The molecule has 8 nitrogen and oxygen atoms in total. The van der Waals surface area contributed by atoms with Crippen LogP contribution in [0, 0.1) is 6.92 Å². The lowest BCUT2D eigenvalue weighted by molar-refractivity contribution is 0.150. The molecule has 1 atom stereocenters. The van der Waals surface area contributed by atoms with Gasteiger partial charge < -0.3 is 15.4 Å². The molecule has 1 aliphatic rings. The summed E-state index contributed by atoms with van der Waals surface area (Å²) in [5.41, 5.74) is 7.09. The summed E-state index contributed by atoms with van der Waals surface area (Å²) in [5, 5.41) is 5.60. The van der Waals surface area contributed by atoms with E-state index in [4.69, 9.17) is 38.8 Å². The van der Waals surface area contributed by atoms with Gasteiger partial charge in [-0.1, -0.05) is 23.2 Å². The van der Waals surface area contributed by atoms with Crippen LogP contribution in [0.1, 0.15) is 23.7 Å². The van der Waals surface area contributed by atoms with Crippen LogP contribution in [0.4, 0.5) is 11.8 Å². The van der Waals surface area contributed by atoms with E-state index in [1.165, 1.54) is 12.1 Å². The Morgan fingerprint density at radius 1 is 1.19 bits per heavy atom. The maximum absolute atomic E-state index is 11.9. The van der Waals surface area contributed by atoms with Gasteiger partial charge in [0, 0.05) is 29.9 Å². The lowest BCUT2D eigenvalue weighted by atomic mass is 10.0. The minimum atomic E-state index is -4.00. The van der Waals surface area contributed by atoms with Gasteiger partial charge in [0.25, 0.3) is 0 Å². The summed E-state index contributed by atoms with van der Waals surface area (Å²) in [6, 6.07) is 4.31. The van der Waals surface area contributed by atoms with Crippen LogP contribution >= 0.6 is 23.2 Å². The van der Waals surface area contributed by atoms with Crippen LogP contribution in [-0.4, -0.2) is 38.1 Å². The highest BCUT2D eigenvalue weighted by Gasteiger charge is 2.28. The molecule has 146 valence electrons. The van der Waals surface area contributed by atoms with E-state index in [2.05, 4.69) is 9.97 Å². The molecule has 2 heterocycles. The van der Waals surface area contributed by atoms with Gasteiger partial charge in [-0.05, 0) is 31.0 Å². The Bertz CT molecular complexity index is 951. The quantitative estimate of drug-likeness (QED) is 0.763. The average Bonchev–Trinajstić information content (AvgIpc) is 2.78. The Labute approximate surface area is 167 Å². The largest absolute Gasteiger partial charge is 0.380 e. The second kappa shape index (κ2) is 7.76. The SMILES string of the molecule is Cc1cc(N2CCOCCC2c2cc(S(N)(=O)=O)c(Cl)cc2Cl)nc(N)n1. The molecule has 1 fully saturated rings. The normalized spacial score (nSPS) is 18.4. The first-order chi connectivity index (χ1) is 12.7. The van der Waals surface area contributed by atoms with E-state index >= 15 is 0 Å². The number of halogens is 2. The third-order valence-electron chi connectivity index (χ3n) is 4.26. The smallest absolute Gasteiger partial charge is 0.239 e. The van der Waals surface area contributed by atoms with Gasteiger partial charge in [-0.15, -0.1) is 0 Å². The standard InChI is InChI=1S/C16H19Cl2N5O3S/c1-9-6-15(22-16(19)21-9)23-3-5-26-4-2-13(23)10-7-14(27(20,24)25)12(18)8-11(10)17/h6-8,13H,2-5H2,1H3,(H2,19,21,22)(H2,20,24,25). The van der Waals surface area contributed by atoms with Crippen molar-refractivity contribution in [1.29, 1.82) is 0 Å². The zero-order valence-electron chi connectivity index (χ0n) is 14.5. The molecular formula is C16H19Cl2N5O3S. The summed E-state index contributed by atoms with van der Waals surface area (Å²) in [5.74, 6) is 0.764. The van der Waals surface area contributed by atoms with Gasteiger partial charge in [-0.3, -0.25) is 0 Å². The van der Waals surface area contributed by atoms with Crippen LogP contribution in [0.2, 0.25) is 10.0 Å². The molecule has 0 spiro atoms. The first-order valence-electron chi connectivity index (χ1n) is 8.14. The number of aromatic nitrogens is 2. The maximum atomic E-state index is 11.9. The van der Waals surface area contributed by atoms with Crippen LogP contribution in [0.15, 0.2) is 23.1 Å². The van der Waals surface area contributed by atoms with Crippen molar-refractivity contribution in [3.63, 3.8) is 0 Å². The number of nitrogens with two attached hydrogens (primary N) is 2. The number of rotatable bonds is 3. The number of nitrogens with zero attached hydrogens (tertiary/aromatic N) is 3. The fourth-order valence-electron chi connectivity index (χ4n) is 3.11. The van der Waals surface area contributed by atoms with Crippen molar-refractivity contribution in [2.24, 2.45) is 5.14 Å². The highest BCUT2D eigenvalue weighted by Crippen LogP contribution is 2.38. The van der Waals surface area contributed by atoms with Gasteiger partial charge in [0.2, 0.25) is 16.0 Å². The Hall–Kier alpha value is -1.65. The molecule has 0 saturated carbocycles. The minimum Gasteiger partial charge on any atom is -0.380 e. The van der Waals surface area contributed by atoms with Crippen LogP contribution in [-0.2, 0) is 14.8 Å². The number of hydrogen-bond acceptors (Lipinski definition) is 7. The first kappa shape index (κ1) is 20.1. The Morgan fingerprint density at radius 2 is 1.93 bits per heavy atom. The summed E-state index contributed by atoms with van der Waals surface area (Å²) in [4.78, 5) is 10.2. The monoisotopic (exact) mass is 431 g/mol. The van der Waals surface area contributed by atoms with Crippen molar-refractivity contribution >= 4 is 45.0 Å². The summed E-state index contributed by atoms with van der Waals surface area (Å²) >= 11 is 12.4. The number of nitrogen functional groups attached to an aromatic ring is 1. The molecule has 1 aromatic heterocycles. The molecule has 11 heteroatoms. The van der Waals surface area contributed by atoms with E-state index in [0.717, 1.165) is 0 Å². The van der Waals surface area contributed by atoms with Crippen LogP contribution in [0.25, 0.3) is 0 Å². The summed E-state index contributed by atoms with van der Waals surface area (Å²) in [6.45, 7) is 3.29. The molecule has 4 N–H and O–H groups in total. The van der Waals surface area contributed by atoms with Crippen LogP contribution in [0.3, 0.4) is 0 Å². The second-order valence-corrected chi connectivity index (χ2v) is 8.53. The van der Waals surface area contributed by atoms with Gasteiger partial charge in [0.05, 0.1) is 17.7 Å². The van der Waals surface area contributed by atoms with E-state index in [9.17, 15) is 8.42 Å². The van der Waals surface area contributed by atoms with Crippen molar-refractivity contribution in [2.75, 3.05) is 30.4 Å². The predicted octanol–water partition coefficient (Wildman–Crippen LogP) is 2.29. The van der Waals surface area contributed by atoms with Gasteiger partial charge in [-0.25, -0.2) is 18.5 Å². The molecule has 1 aliphatic heterocycles. The highest BCUT2D eigenvalue weighted by molar-refractivity contribution is 7.89. The third-order valence-corrected chi connectivity index (χ3v) is 5.96. The fraction of sp³-hybridized carbons (Fsp3) is 0.375. The lowest BCUT2D eigenvalue weighted by Crippen LogP contribution is -2.31. The number of anilines is 2. The summed E-state index contributed by atoms with van der Waals surface area (Å²) in [6.07, 6.45) is 0.564. The molecule has 1 saturated heterocycles. The van der Waals surface area contributed by atoms with Gasteiger partial charge in [-0.2, -0.15) is 4.98 Å². The summed E-state index contributed by atoms with van der Waals surface area (Å²) < 4.78 is 29.4. The Balaban J connectivity index is 2.14. The van der Waals surface area contributed by atoms with E-state index in [1.54, 1.807) is 6.07 Å². The maximum Gasteiger partial charge on any atom is 0.239 e. The minimum absolute atomic E-state index is 0.0233. The predicted molar refractivity (Wildman–Crippen MR) is 105 cm³/mol. The lowest BCUT2D eigenvalue weighted by Gasteiger charge is -2.32. The number of sulfonamides is 1. The van der Waals surface area contributed by atoms with Crippen molar-refractivity contribution in [2.45, 2.75) is 24.3 Å². The number of ether oxygens (including phenoxy) is 1. The van der Waals surface area contributed by atoms with Gasteiger partial charge >= 0.3 is 0 Å². The second-order valence-electron chi connectivity index (χ2n) is 6.19. The number of benzene rings is 1. The average molecular weight is 432 g/mol. The number of hydrogen-bond donors (Lipinski definition) is 2. The Morgan fingerprint density at radius 3 is 2.59 bits per heavy atom. The van der Waals surface area contributed by atoms with E-state index in [0.29, 0.717) is 48.3 Å². The number of primary sulfonamides is 1. The molecule has 1 aromatic carbocycles. The molecule has 2 aromatic rings. The van der Waals surface area contributed by atoms with E-state index in [1.807, 2.05) is 11.8 Å². The van der Waals surface area contributed by atoms with Crippen molar-refractivity contribution in [3.05, 3.63) is 39.5 Å². The molecule has 0 radical (unpaired) electrons. The zero-order chi connectivity index (χ0) is 19.8. The van der Waals surface area contributed by atoms with Gasteiger partial charge in [0.15, 0.2) is 0 Å². The molecule has 0 aliphatic carbocycles. The molecule has 27 heavy (non-hydrogen) atoms.